The number of aryl methyl sites for hydroxylation is 1. The molecule has 2 aromatic heterocycles. The molecule has 4 rings (SSSR count). The number of H-pyrrole nitrogens is 1. The van der Waals surface area contributed by atoms with Crippen LogP contribution >= 0.6 is 11.8 Å². The van der Waals surface area contributed by atoms with Crippen molar-refractivity contribution in [2.24, 2.45) is 0 Å². The lowest BCUT2D eigenvalue weighted by Crippen LogP contribution is -2.12. The van der Waals surface area contributed by atoms with Crippen molar-refractivity contribution in [2.45, 2.75) is 23.9 Å². The third-order valence-electron chi connectivity index (χ3n) is 4.64. The van der Waals surface area contributed by atoms with Gasteiger partial charge in [0.05, 0.1) is 28.4 Å². The zero-order chi connectivity index (χ0) is 22.0. The summed E-state index contributed by atoms with van der Waals surface area (Å²) >= 11 is 1.32. The first kappa shape index (κ1) is 20.5. The molecule has 0 atom stereocenters. The molecule has 0 aliphatic rings. The Hall–Kier alpha value is -3.72. The largest absolute Gasteiger partial charge is 0.462 e. The van der Waals surface area contributed by atoms with Gasteiger partial charge in [0, 0.05) is 34.2 Å². The molecule has 0 radical (unpaired) electrons. The molecule has 0 spiro atoms. The molecular formula is C22H18N4O4S. The molecule has 156 valence electrons. The standard InChI is InChI=1S/C22H18N4O4S/c1-3-30-21(27)19-13(2)24-22(25-20(19)14-7-5-4-6-8-14)31-18-12-23-17-11-15(26(28)29)9-10-16(17)18/h4-12,23H,3H2,1-2H3. The number of esters is 1. The summed E-state index contributed by atoms with van der Waals surface area (Å²) < 4.78 is 5.22. The van der Waals surface area contributed by atoms with Crippen molar-refractivity contribution in [2.75, 3.05) is 6.61 Å². The number of nitrogens with one attached hydrogen (secondary N) is 1. The van der Waals surface area contributed by atoms with Gasteiger partial charge in [-0.2, -0.15) is 0 Å². The third kappa shape index (κ3) is 4.13. The molecule has 0 aliphatic carbocycles. The summed E-state index contributed by atoms with van der Waals surface area (Å²) in [4.78, 5) is 36.2. The lowest BCUT2D eigenvalue weighted by molar-refractivity contribution is -0.384. The Kier molecular flexibility index (Phi) is 5.68. The van der Waals surface area contributed by atoms with E-state index in [0.29, 0.717) is 27.6 Å². The number of aromatic amines is 1. The van der Waals surface area contributed by atoms with Crippen LogP contribution in [0, 0.1) is 17.0 Å². The fourth-order valence-electron chi connectivity index (χ4n) is 3.23. The van der Waals surface area contributed by atoms with Crippen LogP contribution in [0.4, 0.5) is 5.69 Å². The normalized spacial score (nSPS) is 10.9. The minimum Gasteiger partial charge on any atom is -0.462 e. The first-order chi connectivity index (χ1) is 15.0. The van der Waals surface area contributed by atoms with Crippen molar-refractivity contribution in [3.05, 3.63) is 76.1 Å². The van der Waals surface area contributed by atoms with E-state index in [9.17, 15) is 14.9 Å². The number of nitrogens with zero attached hydrogens (tertiary/aromatic N) is 3. The lowest BCUT2D eigenvalue weighted by atomic mass is 10.0. The Morgan fingerprint density at radius 3 is 2.68 bits per heavy atom. The number of nitro groups is 1. The van der Waals surface area contributed by atoms with E-state index in [1.807, 2.05) is 30.3 Å². The maximum Gasteiger partial charge on any atom is 0.342 e. The molecule has 0 fully saturated rings. The molecule has 31 heavy (non-hydrogen) atoms. The summed E-state index contributed by atoms with van der Waals surface area (Å²) in [7, 11) is 0. The number of carbonyl (C=O) groups excluding carboxylic acids is 1. The SMILES string of the molecule is CCOC(=O)c1c(C)nc(Sc2c[nH]c3cc([N+](=O)[O-])ccc23)nc1-c1ccccc1. The maximum absolute atomic E-state index is 12.6. The molecule has 0 saturated heterocycles. The fraction of sp³-hybridized carbons (Fsp3) is 0.136. The first-order valence-electron chi connectivity index (χ1n) is 9.52. The van der Waals surface area contributed by atoms with Gasteiger partial charge in [-0.3, -0.25) is 10.1 Å². The van der Waals surface area contributed by atoms with Crippen LogP contribution in [0.5, 0.6) is 0 Å². The molecule has 1 N–H and O–H groups in total. The van der Waals surface area contributed by atoms with Crippen molar-refractivity contribution < 1.29 is 14.5 Å². The van der Waals surface area contributed by atoms with Gasteiger partial charge >= 0.3 is 5.97 Å². The van der Waals surface area contributed by atoms with Crippen LogP contribution in [0.15, 0.2) is 64.8 Å². The van der Waals surface area contributed by atoms with E-state index in [1.54, 1.807) is 26.1 Å². The maximum atomic E-state index is 12.6. The van der Waals surface area contributed by atoms with Gasteiger partial charge in [0.25, 0.3) is 5.69 Å². The van der Waals surface area contributed by atoms with Crippen LogP contribution in [-0.4, -0.2) is 32.5 Å². The molecule has 0 saturated carbocycles. The first-order valence-corrected chi connectivity index (χ1v) is 10.3. The summed E-state index contributed by atoms with van der Waals surface area (Å²) in [6, 6.07) is 14.1. The number of nitro benzene ring substituents is 1. The van der Waals surface area contributed by atoms with Crippen LogP contribution in [0.2, 0.25) is 0 Å². The molecular weight excluding hydrogens is 416 g/mol. The van der Waals surface area contributed by atoms with Crippen molar-refractivity contribution in [3.63, 3.8) is 0 Å². The van der Waals surface area contributed by atoms with E-state index < -0.39 is 10.9 Å². The quantitative estimate of drug-likeness (QED) is 0.193. The summed E-state index contributed by atoms with van der Waals surface area (Å²) in [5, 5.41) is 12.3. The molecule has 2 heterocycles. The highest BCUT2D eigenvalue weighted by Crippen LogP contribution is 2.35. The number of non-ortho nitro benzene ring substituents is 1. The Morgan fingerprint density at radius 1 is 1.19 bits per heavy atom. The average molecular weight is 434 g/mol. The lowest BCUT2D eigenvalue weighted by Gasteiger charge is -2.12. The van der Waals surface area contributed by atoms with Gasteiger partial charge in [0.15, 0.2) is 5.16 Å². The minimum atomic E-state index is -0.463. The van der Waals surface area contributed by atoms with Crippen molar-refractivity contribution in [1.29, 1.82) is 0 Å². The zero-order valence-electron chi connectivity index (χ0n) is 16.8. The number of aromatic nitrogens is 3. The highest BCUT2D eigenvalue weighted by Gasteiger charge is 2.22. The monoisotopic (exact) mass is 434 g/mol. The number of hydrogen-bond acceptors (Lipinski definition) is 7. The van der Waals surface area contributed by atoms with Gasteiger partial charge in [0.1, 0.15) is 5.56 Å². The Labute approximate surface area is 181 Å². The molecule has 4 aromatic rings. The second kappa shape index (κ2) is 8.57. The van der Waals surface area contributed by atoms with Gasteiger partial charge in [-0.05, 0) is 31.7 Å². The molecule has 0 bridgehead atoms. The Morgan fingerprint density at radius 2 is 1.97 bits per heavy atom. The third-order valence-corrected chi connectivity index (χ3v) is 5.56. The second-order valence-corrected chi connectivity index (χ2v) is 7.65. The smallest absolute Gasteiger partial charge is 0.342 e. The highest BCUT2D eigenvalue weighted by atomic mass is 32.2. The number of fused-ring (bicyclic) bond motifs is 1. The van der Waals surface area contributed by atoms with Crippen LogP contribution < -0.4 is 0 Å². The van der Waals surface area contributed by atoms with E-state index in [-0.39, 0.29) is 12.3 Å². The molecule has 9 heteroatoms. The van der Waals surface area contributed by atoms with Crippen molar-refractivity contribution >= 4 is 34.3 Å². The highest BCUT2D eigenvalue weighted by molar-refractivity contribution is 7.99. The zero-order valence-corrected chi connectivity index (χ0v) is 17.6. The molecule has 2 aromatic carbocycles. The summed E-state index contributed by atoms with van der Waals surface area (Å²) in [5.41, 5.74) is 2.82. The van der Waals surface area contributed by atoms with Crippen LogP contribution in [0.25, 0.3) is 22.2 Å². The number of benzene rings is 2. The Bertz CT molecular complexity index is 1290. The number of ether oxygens (including phenoxy) is 1. The summed E-state index contributed by atoms with van der Waals surface area (Å²) in [6.07, 6.45) is 1.76. The van der Waals surface area contributed by atoms with E-state index in [2.05, 4.69) is 15.0 Å². The van der Waals surface area contributed by atoms with E-state index in [4.69, 9.17) is 4.74 Å². The van der Waals surface area contributed by atoms with E-state index in [1.165, 1.54) is 23.9 Å². The van der Waals surface area contributed by atoms with E-state index >= 15 is 0 Å². The van der Waals surface area contributed by atoms with Crippen molar-refractivity contribution in [3.8, 4) is 11.3 Å². The molecule has 0 amide bonds. The van der Waals surface area contributed by atoms with Gasteiger partial charge in [-0.15, -0.1) is 0 Å². The predicted octanol–water partition coefficient (Wildman–Crippen LogP) is 5.17. The summed E-state index contributed by atoms with van der Waals surface area (Å²) in [5.74, 6) is -0.463. The van der Waals surface area contributed by atoms with Crippen LogP contribution in [-0.2, 0) is 4.74 Å². The predicted molar refractivity (Wildman–Crippen MR) is 117 cm³/mol. The van der Waals surface area contributed by atoms with Gasteiger partial charge in [0.2, 0.25) is 0 Å². The van der Waals surface area contributed by atoms with Gasteiger partial charge in [-0.25, -0.2) is 14.8 Å². The number of hydrogen-bond donors (Lipinski definition) is 1. The topological polar surface area (TPSA) is 111 Å². The van der Waals surface area contributed by atoms with Crippen LogP contribution in [0.3, 0.4) is 0 Å². The summed E-state index contributed by atoms with van der Waals surface area (Å²) in [6.45, 7) is 3.76. The second-order valence-electron chi connectivity index (χ2n) is 6.64. The van der Waals surface area contributed by atoms with Gasteiger partial charge < -0.3 is 9.72 Å². The average Bonchev–Trinajstić information content (AvgIpc) is 3.16. The fourth-order valence-corrected chi connectivity index (χ4v) is 4.15. The van der Waals surface area contributed by atoms with Crippen molar-refractivity contribution in [1.82, 2.24) is 15.0 Å². The van der Waals surface area contributed by atoms with Crippen LogP contribution in [0.1, 0.15) is 23.0 Å². The molecule has 8 nitrogen and oxygen atoms in total. The molecule has 0 aliphatic heterocycles. The Balaban J connectivity index is 1.78. The minimum absolute atomic E-state index is 0.0168. The van der Waals surface area contributed by atoms with E-state index in [0.717, 1.165) is 15.8 Å². The number of carbonyl (C=O) groups is 1. The number of rotatable bonds is 6. The van der Waals surface area contributed by atoms with Gasteiger partial charge in [-0.1, -0.05) is 30.3 Å². The molecule has 0 unspecified atom stereocenters.